The monoisotopic (exact) mass is 630 g/mol. The van der Waals surface area contributed by atoms with Gasteiger partial charge in [0.1, 0.15) is 10.0 Å². The number of morpholine rings is 1. The van der Waals surface area contributed by atoms with Crippen LogP contribution in [0.3, 0.4) is 0 Å². The highest BCUT2D eigenvalue weighted by Crippen LogP contribution is 2.41. The molecule has 0 bridgehead atoms. The van der Waals surface area contributed by atoms with Crippen LogP contribution in [0.15, 0.2) is 88.3 Å². The van der Waals surface area contributed by atoms with Gasteiger partial charge in [-0.1, -0.05) is 83.2 Å². The van der Waals surface area contributed by atoms with Crippen molar-refractivity contribution in [1.82, 2.24) is 15.2 Å². The molecule has 228 valence electrons. The van der Waals surface area contributed by atoms with Gasteiger partial charge < -0.3 is 19.4 Å². The summed E-state index contributed by atoms with van der Waals surface area (Å²) in [7, 11) is 0. The Bertz CT molecular complexity index is 1870. The second-order valence-corrected chi connectivity index (χ2v) is 11.4. The summed E-state index contributed by atoms with van der Waals surface area (Å²) in [6, 6.07) is 22.2. The van der Waals surface area contributed by atoms with Crippen molar-refractivity contribution in [2.24, 2.45) is 4.99 Å². The highest BCUT2D eigenvalue weighted by Gasteiger charge is 2.31. The Hall–Kier alpha value is -4.88. The topological polar surface area (TPSA) is 106 Å². The third-order valence-corrected chi connectivity index (χ3v) is 8.67. The average molecular weight is 631 g/mol. The van der Waals surface area contributed by atoms with E-state index in [0.717, 1.165) is 33.8 Å². The smallest absolute Gasteiger partial charge is 0.402 e. The number of aliphatic imine (C=N–C) groups is 1. The van der Waals surface area contributed by atoms with Crippen LogP contribution in [0.1, 0.15) is 22.3 Å². The lowest BCUT2D eigenvalue weighted by atomic mass is 9.96. The molecule has 5 aromatic rings. The minimum atomic E-state index is -4.44. The van der Waals surface area contributed by atoms with Crippen molar-refractivity contribution in [3.63, 3.8) is 0 Å². The number of hydrogen-bond donors (Lipinski definition) is 1. The van der Waals surface area contributed by atoms with E-state index in [1.807, 2.05) is 54.6 Å². The first-order chi connectivity index (χ1) is 21.8. The van der Waals surface area contributed by atoms with Gasteiger partial charge in [-0.2, -0.15) is 13.2 Å². The molecule has 13 heteroatoms. The summed E-state index contributed by atoms with van der Waals surface area (Å²) < 4.78 is 51.0. The van der Waals surface area contributed by atoms with E-state index in [-0.39, 0.29) is 24.1 Å². The standard InChI is InChI=1S/C32H25F3N6O3S/c33-32(34,35)22-12-10-20(11-13-22)29-37-26(30(45-29)41-14-16-43-17-15-41)28-39-40-31(44-28)38-27-24(42)18-21-8-4-5-9-23(21)25(36-27)19-6-2-1-3-7-19/h1-13,27H,14-18H2,(H,38,40)/t27-/m1/s1. The largest absolute Gasteiger partial charge is 0.416 e. The van der Waals surface area contributed by atoms with E-state index in [1.54, 1.807) is 0 Å². The lowest BCUT2D eigenvalue weighted by Gasteiger charge is -2.27. The Labute approximate surface area is 259 Å². The predicted octanol–water partition coefficient (Wildman–Crippen LogP) is 6.12. The maximum absolute atomic E-state index is 13.4. The summed E-state index contributed by atoms with van der Waals surface area (Å²) in [6.07, 6.45) is -5.26. The van der Waals surface area contributed by atoms with Gasteiger partial charge in [-0.15, -0.1) is 5.10 Å². The van der Waals surface area contributed by atoms with E-state index in [0.29, 0.717) is 48.3 Å². The molecular weight excluding hydrogens is 605 g/mol. The zero-order valence-electron chi connectivity index (χ0n) is 23.6. The molecule has 1 N–H and O–H groups in total. The van der Waals surface area contributed by atoms with Gasteiger partial charge in [-0.05, 0) is 17.7 Å². The van der Waals surface area contributed by atoms with Crippen molar-refractivity contribution in [2.75, 3.05) is 36.5 Å². The Balaban J connectivity index is 1.21. The fourth-order valence-electron chi connectivity index (χ4n) is 5.25. The molecule has 9 nitrogen and oxygen atoms in total. The van der Waals surface area contributed by atoms with Crippen molar-refractivity contribution in [3.8, 4) is 22.2 Å². The molecule has 7 rings (SSSR count). The highest BCUT2D eigenvalue weighted by atomic mass is 32.1. The molecule has 4 heterocycles. The van der Waals surface area contributed by atoms with Gasteiger partial charge in [0.05, 0.1) is 24.5 Å². The van der Waals surface area contributed by atoms with Gasteiger partial charge in [-0.25, -0.2) is 4.98 Å². The summed E-state index contributed by atoms with van der Waals surface area (Å²) in [6.45, 7) is 2.21. The lowest BCUT2D eigenvalue weighted by molar-refractivity contribution is -0.137. The van der Waals surface area contributed by atoms with Crippen LogP contribution in [0.4, 0.5) is 24.2 Å². The van der Waals surface area contributed by atoms with Crippen LogP contribution in [0, 0.1) is 0 Å². The zero-order chi connectivity index (χ0) is 31.0. The Morgan fingerprint density at radius 2 is 1.62 bits per heavy atom. The van der Waals surface area contributed by atoms with Crippen LogP contribution in [-0.4, -0.2) is 59.1 Å². The van der Waals surface area contributed by atoms with E-state index >= 15 is 0 Å². The van der Waals surface area contributed by atoms with E-state index in [2.05, 4.69) is 20.4 Å². The molecule has 1 saturated heterocycles. The fourth-order valence-corrected chi connectivity index (χ4v) is 6.37. The van der Waals surface area contributed by atoms with Gasteiger partial charge in [0, 0.05) is 36.2 Å². The Morgan fingerprint density at radius 1 is 0.889 bits per heavy atom. The Morgan fingerprint density at radius 3 is 2.38 bits per heavy atom. The van der Waals surface area contributed by atoms with Crippen molar-refractivity contribution < 1.29 is 27.1 Å². The van der Waals surface area contributed by atoms with Crippen LogP contribution in [0.5, 0.6) is 0 Å². The maximum Gasteiger partial charge on any atom is 0.416 e. The van der Waals surface area contributed by atoms with Crippen molar-refractivity contribution >= 4 is 33.8 Å². The van der Waals surface area contributed by atoms with E-state index < -0.39 is 17.9 Å². The molecular formula is C32H25F3N6O3S. The number of hydrogen-bond acceptors (Lipinski definition) is 10. The van der Waals surface area contributed by atoms with Crippen LogP contribution in [0.25, 0.3) is 22.2 Å². The molecule has 2 aromatic heterocycles. The molecule has 0 amide bonds. The van der Waals surface area contributed by atoms with Crippen molar-refractivity contribution in [2.45, 2.75) is 18.8 Å². The summed E-state index contributed by atoms with van der Waals surface area (Å²) >= 11 is 1.32. The zero-order valence-corrected chi connectivity index (χ0v) is 24.4. The first-order valence-electron chi connectivity index (χ1n) is 14.2. The normalized spacial score (nSPS) is 17.0. The number of carbonyl (C=O) groups excluding carboxylic acids is 1. The fraction of sp³-hybridized carbons (Fsp3) is 0.219. The third-order valence-electron chi connectivity index (χ3n) is 7.50. The Kier molecular flexibility index (Phi) is 7.63. The van der Waals surface area contributed by atoms with Crippen LogP contribution in [-0.2, 0) is 22.1 Å². The molecule has 0 unspecified atom stereocenters. The highest BCUT2D eigenvalue weighted by molar-refractivity contribution is 7.19. The second kappa shape index (κ2) is 11.9. The van der Waals surface area contributed by atoms with E-state index in [4.69, 9.17) is 19.1 Å². The van der Waals surface area contributed by atoms with Gasteiger partial charge in [0.15, 0.2) is 17.6 Å². The molecule has 45 heavy (non-hydrogen) atoms. The molecule has 3 aromatic carbocycles. The minimum absolute atomic E-state index is 0.0116. The molecule has 0 aliphatic carbocycles. The number of ether oxygens (including phenoxy) is 1. The first kappa shape index (κ1) is 28.9. The van der Waals surface area contributed by atoms with Crippen LogP contribution in [0.2, 0.25) is 0 Å². The number of nitrogens with zero attached hydrogens (tertiary/aromatic N) is 5. The number of benzene rings is 3. The van der Waals surface area contributed by atoms with Gasteiger partial charge >= 0.3 is 12.2 Å². The number of aromatic nitrogens is 3. The SMILES string of the molecule is O=C1Cc2ccccc2C(c2ccccc2)=N[C@@H]1Nc1nnc(-c2nc(-c3ccc(C(F)(F)F)cc3)sc2N2CCOCC2)o1. The number of anilines is 2. The number of carbonyl (C=O) groups is 1. The molecule has 2 aliphatic heterocycles. The van der Waals surface area contributed by atoms with Gasteiger partial charge in [0.25, 0.3) is 5.89 Å². The molecule has 0 radical (unpaired) electrons. The predicted molar refractivity (Wildman–Crippen MR) is 164 cm³/mol. The quantitative estimate of drug-likeness (QED) is 0.240. The van der Waals surface area contributed by atoms with Gasteiger partial charge in [0.2, 0.25) is 0 Å². The van der Waals surface area contributed by atoms with E-state index in [1.165, 1.54) is 23.5 Å². The first-order valence-corrected chi connectivity index (χ1v) is 15.0. The number of rotatable bonds is 6. The summed E-state index contributed by atoms with van der Waals surface area (Å²) in [5.74, 6) is -0.0644. The number of ketones is 1. The summed E-state index contributed by atoms with van der Waals surface area (Å²) in [5, 5.41) is 12.6. The average Bonchev–Trinajstić information content (AvgIpc) is 3.68. The second-order valence-electron chi connectivity index (χ2n) is 10.5. The summed E-state index contributed by atoms with van der Waals surface area (Å²) in [5.41, 5.74) is 3.47. The number of fused-ring (bicyclic) bond motifs is 1. The van der Waals surface area contributed by atoms with Gasteiger partial charge in [-0.3, -0.25) is 9.79 Å². The van der Waals surface area contributed by atoms with Crippen LogP contribution < -0.4 is 10.2 Å². The molecule has 1 atom stereocenters. The van der Waals surface area contributed by atoms with Crippen LogP contribution >= 0.6 is 11.3 Å². The van der Waals surface area contributed by atoms with Crippen molar-refractivity contribution in [1.29, 1.82) is 0 Å². The minimum Gasteiger partial charge on any atom is -0.402 e. The maximum atomic E-state index is 13.4. The molecule has 0 spiro atoms. The number of nitrogens with one attached hydrogen (secondary N) is 1. The number of alkyl halides is 3. The molecule has 1 fully saturated rings. The summed E-state index contributed by atoms with van der Waals surface area (Å²) in [4.78, 5) is 25.0. The number of halogens is 3. The number of thiazole rings is 1. The third kappa shape index (κ3) is 5.96. The van der Waals surface area contributed by atoms with Crippen molar-refractivity contribution in [3.05, 3.63) is 101 Å². The number of Topliss-reactive ketones (excluding diaryl/α,β-unsaturated/α-hetero) is 1. The van der Waals surface area contributed by atoms with E-state index in [9.17, 15) is 18.0 Å². The lowest BCUT2D eigenvalue weighted by Crippen LogP contribution is -2.35. The molecule has 0 saturated carbocycles. The molecule has 2 aliphatic rings.